The van der Waals surface area contributed by atoms with E-state index in [2.05, 4.69) is 35.1 Å². The Morgan fingerprint density at radius 1 is 1.38 bits per heavy atom. The third kappa shape index (κ3) is 3.80. The van der Waals surface area contributed by atoms with Crippen LogP contribution in [0.2, 0.25) is 5.02 Å². The van der Waals surface area contributed by atoms with Crippen molar-refractivity contribution in [3.63, 3.8) is 0 Å². The molecule has 1 amide bonds. The number of carbonyl (C=O) groups excluding carboxylic acids is 1. The van der Waals surface area contributed by atoms with Gasteiger partial charge >= 0.3 is 0 Å². The third-order valence-corrected chi connectivity index (χ3v) is 3.09. The predicted molar refractivity (Wildman–Crippen MR) is 71.0 cm³/mol. The predicted octanol–water partition coefficient (Wildman–Crippen LogP) is 3.55. The molecule has 0 aromatic heterocycles. The van der Waals surface area contributed by atoms with E-state index in [9.17, 15) is 4.79 Å². The van der Waals surface area contributed by atoms with Crippen LogP contribution in [0.3, 0.4) is 0 Å². The second-order valence-corrected chi connectivity index (χ2v) is 4.97. The maximum Gasteiger partial charge on any atom is 0.231 e. The van der Waals surface area contributed by atoms with Gasteiger partial charge in [-0.05, 0) is 23.6 Å². The fraction of sp³-hybridized carbons (Fsp3) is 0.417. The van der Waals surface area contributed by atoms with E-state index in [1.54, 1.807) is 0 Å². The van der Waals surface area contributed by atoms with Crippen molar-refractivity contribution >= 4 is 33.4 Å². The Hall–Kier alpha value is -0.540. The number of halogens is 2. The number of carbonyl (C=O) groups is 1. The first kappa shape index (κ1) is 13.5. The molecule has 1 aromatic carbocycles. The summed E-state index contributed by atoms with van der Waals surface area (Å²) in [5, 5.41) is 4.00. The molecule has 0 aliphatic carbocycles. The number of alkyl halides is 1. The van der Waals surface area contributed by atoms with E-state index in [0.717, 1.165) is 5.56 Å². The molecule has 0 saturated heterocycles. The number of benzene rings is 1. The van der Waals surface area contributed by atoms with Crippen molar-refractivity contribution in [1.29, 1.82) is 0 Å². The second-order valence-electron chi connectivity index (χ2n) is 3.97. The van der Waals surface area contributed by atoms with Crippen LogP contribution in [0.15, 0.2) is 24.3 Å². The molecule has 88 valence electrons. The van der Waals surface area contributed by atoms with Crippen molar-refractivity contribution in [3.8, 4) is 0 Å². The van der Waals surface area contributed by atoms with Gasteiger partial charge in [-0.1, -0.05) is 53.5 Å². The van der Waals surface area contributed by atoms with E-state index in [-0.39, 0.29) is 11.9 Å². The minimum absolute atomic E-state index is 0.00588. The molecule has 0 aliphatic heterocycles. The first-order valence-electron chi connectivity index (χ1n) is 5.15. The van der Waals surface area contributed by atoms with Crippen LogP contribution in [0.1, 0.15) is 25.5 Å². The van der Waals surface area contributed by atoms with Crippen LogP contribution in [0.5, 0.6) is 0 Å². The van der Waals surface area contributed by atoms with Crippen molar-refractivity contribution in [2.45, 2.75) is 19.9 Å². The molecular weight excluding hydrogens is 289 g/mol. The lowest BCUT2D eigenvalue weighted by atomic mass is 9.96. The highest BCUT2D eigenvalue weighted by Crippen LogP contribution is 2.23. The van der Waals surface area contributed by atoms with Gasteiger partial charge in [0.2, 0.25) is 5.91 Å². The molecule has 4 heteroatoms. The molecule has 1 rings (SSSR count). The molecule has 0 bridgehead atoms. The van der Waals surface area contributed by atoms with Crippen LogP contribution >= 0.6 is 27.5 Å². The van der Waals surface area contributed by atoms with Crippen LogP contribution < -0.4 is 5.32 Å². The second kappa shape index (κ2) is 6.26. The highest BCUT2D eigenvalue weighted by molar-refractivity contribution is 9.09. The quantitative estimate of drug-likeness (QED) is 0.847. The highest BCUT2D eigenvalue weighted by Gasteiger charge is 2.17. The van der Waals surface area contributed by atoms with Gasteiger partial charge in [0.05, 0.1) is 11.4 Å². The molecule has 0 radical (unpaired) electrons. The van der Waals surface area contributed by atoms with E-state index in [0.29, 0.717) is 16.3 Å². The molecule has 1 N–H and O–H groups in total. The molecule has 0 heterocycles. The topological polar surface area (TPSA) is 29.1 Å². The van der Waals surface area contributed by atoms with Crippen molar-refractivity contribution in [2.75, 3.05) is 5.33 Å². The largest absolute Gasteiger partial charge is 0.348 e. The van der Waals surface area contributed by atoms with Crippen LogP contribution in [0, 0.1) is 5.92 Å². The van der Waals surface area contributed by atoms with E-state index < -0.39 is 0 Å². The zero-order valence-corrected chi connectivity index (χ0v) is 11.7. The van der Waals surface area contributed by atoms with Crippen molar-refractivity contribution in [1.82, 2.24) is 5.32 Å². The molecule has 1 aromatic rings. The summed E-state index contributed by atoms with van der Waals surface area (Å²) >= 11 is 8.98. The molecule has 0 spiro atoms. The van der Waals surface area contributed by atoms with E-state index in [1.807, 2.05) is 24.3 Å². The van der Waals surface area contributed by atoms with Crippen LogP contribution in [0.4, 0.5) is 0 Å². The maximum absolute atomic E-state index is 11.4. The summed E-state index contributed by atoms with van der Waals surface area (Å²) in [4.78, 5) is 11.4. The number of rotatable bonds is 4. The Balaban J connectivity index is 2.85. The van der Waals surface area contributed by atoms with Gasteiger partial charge in [0.15, 0.2) is 0 Å². The van der Waals surface area contributed by atoms with Gasteiger partial charge in [-0.3, -0.25) is 4.79 Å². The summed E-state index contributed by atoms with van der Waals surface area (Å²) < 4.78 is 0. The summed E-state index contributed by atoms with van der Waals surface area (Å²) in [6, 6.07) is 7.60. The number of amides is 1. The summed E-state index contributed by atoms with van der Waals surface area (Å²) in [7, 11) is 0. The minimum atomic E-state index is -0.00588. The first-order valence-corrected chi connectivity index (χ1v) is 6.65. The Labute approximate surface area is 110 Å². The molecule has 16 heavy (non-hydrogen) atoms. The van der Waals surface area contributed by atoms with Gasteiger partial charge in [-0.25, -0.2) is 0 Å². The Morgan fingerprint density at radius 3 is 2.38 bits per heavy atom. The van der Waals surface area contributed by atoms with E-state index in [1.165, 1.54) is 0 Å². The fourth-order valence-electron chi connectivity index (χ4n) is 1.52. The zero-order chi connectivity index (χ0) is 12.1. The lowest BCUT2D eigenvalue weighted by Gasteiger charge is -2.22. The van der Waals surface area contributed by atoms with Crippen LogP contribution in [0.25, 0.3) is 0 Å². The number of hydrogen-bond donors (Lipinski definition) is 1. The fourth-order valence-corrected chi connectivity index (χ4v) is 1.80. The molecule has 0 saturated carbocycles. The third-order valence-electron chi connectivity index (χ3n) is 2.33. The van der Waals surface area contributed by atoms with Gasteiger partial charge in [0.1, 0.15) is 0 Å². The lowest BCUT2D eigenvalue weighted by molar-refractivity contribution is -0.119. The van der Waals surface area contributed by atoms with Crippen molar-refractivity contribution in [2.24, 2.45) is 5.92 Å². The van der Waals surface area contributed by atoms with E-state index in [4.69, 9.17) is 11.6 Å². The van der Waals surface area contributed by atoms with Gasteiger partial charge in [0.25, 0.3) is 0 Å². The van der Waals surface area contributed by atoms with Gasteiger partial charge in [-0.2, -0.15) is 0 Å². The Kier molecular flexibility index (Phi) is 5.29. The lowest BCUT2D eigenvalue weighted by Crippen LogP contribution is -2.32. The van der Waals surface area contributed by atoms with Crippen LogP contribution in [-0.4, -0.2) is 11.2 Å². The number of nitrogens with one attached hydrogen (secondary N) is 1. The summed E-state index contributed by atoms with van der Waals surface area (Å²) in [5.74, 6) is 0.331. The average molecular weight is 305 g/mol. The summed E-state index contributed by atoms with van der Waals surface area (Å²) in [6.45, 7) is 4.15. The van der Waals surface area contributed by atoms with Crippen LogP contribution in [-0.2, 0) is 4.79 Å². The molecule has 1 unspecified atom stereocenters. The van der Waals surface area contributed by atoms with Gasteiger partial charge in [0, 0.05) is 5.02 Å². The standard InChI is InChI=1S/C12H15BrClNO/c1-8(2)12(15-11(16)7-13)9-3-5-10(14)6-4-9/h3-6,8,12H,7H2,1-2H3,(H,15,16). The molecular formula is C12H15BrClNO. The minimum Gasteiger partial charge on any atom is -0.348 e. The summed E-state index contributed by atoms with van der Waals surface area (Å²) in [5.41, 5.74) is 1.08. The summed E-state index contributed by atoms with van der Waals surface area (Å²) in [6.07, 6.45) is 0. The molecule has 2 nitrogen and oxygen atoms in total. The maximum atomic E-state index is 11.4. The van der Waals surface area contributed by atoms with Crippen molar-refractivity contribution in [3.05, 3.63) is 34.9 Å². The Bertz CT molecular complexity index is 351. The molecule has 1 atom stereocenters. The van der Waals surface area contributed by atoms with E-state index >= 15 is 0 Å². The SMILES string of the molecule is CC(C)C(NC(=O)CBr)c1ccc(Cl)cc1. The Morgan fingerprint density at radius 2 is 1.94 bits per heavy atom. The zero-order valence-electron chi connectivity index (χ0n) is 9.34. The first-order chi connectivity index (χ1) is 7.54. The molecule has 0 fully saturated rings. The van der Waals surface area contributed by atoms with Gasteiger partial charge < -0.3 is 5.32 Å². The number of hydrogen-bond acceptors (Lipinski definition) is 1. The average Bonchev–Trinajstić information content (AvgIpc) is 2.26. The van der Waals surface area contributed by atoms with Gasteiger partial charge in [-0.15, -0.1) is 0 Å². The smallest absolute Gasteiger partial charge is 0.231 e. The van der Waals surface area contributed by atoms with Crippen molar-refractivity contribution < 1.29 is 4.79 Å². The highest BCUT2D eigenvalue weighted by atomic mass is 79.9. The normalized spacial score (nSPS) is 12.6. The molecule has 0 aliphatic rings. The monoisotopic (exact) mass is 303 g/mol.